The molecule has 1 N–H and O–H groups in total. The Bertz CT molecular complexity index is 1030. The Morgan fingerprint density at radius 1 is 1.00 bits per heavy atom. The number of hydrogen-bond donors (Lipinski definition) is 1. The van der Waals surface area contributed by atoms with Crippen molar-refractivity contribution in [2.75, 3.05) is 43.4 Å². The highest BCUT2D eigenvalue weighted by atomic mass is 15.2. The van der Waals surface area contributed by atoms with Crippen molar-refractivity contribution in [1.82, 2.24) is 14.9 Å². The van der Waals surface area contributed by atoms with E-state index in [0.29, 0.717) is 11.5 Å². The predicted octanol–water partition coefficient (Wildman–Crippen LogP) is 3.82. The first-order valence-electron chi connectivity index (χ1n) is 9.77. The number of piperazine rings is 1. The molecule has 0 radical (unpaired) electrons. The van der Waals surface area contributed by atoms with E-state index in [-0.39, 0.29) is 0 Å². The number of nitriles is 1. The Morgan fingerprint density at radius 2 is 1.76 bits per heavy atom. The second kappa shape index (κ2) is 8.29. The third-order valence-electron chi connectivity index (χ3n) is 5.30. The molecule has 1 aromatic heterocycles. The van der Waals surface area contributed by atoms with Crippen LogP contribution in [0, 0.1) is 18.3 Å². The molecule has 29 heavy (non-hydrogen) atoms. The zero-order valence-corrected chi connectivity index (χ0v) is 16.8. The van der Waals surface area contributed by atoms with E-state index in [0.717, 1.165) is 48.7 Å². The summed E-state index contributed by atoms with van der Waals surface area (Å²) in [7, 11) is 2.16. The predicted molar refractivity (Wildman–Crippen MR) is 116 cm³/mol. The van der Waals surface area contributed by atoms with E-state index in [2.05, 4.69) is 62.5 Å². The van der Waals surface area contributed by atoms with Gasteiger partial charge in [-0.1, -0.05) is 12.1 Å². The molecule has 1 saturated heterocycles. The first-order valence-corrected chi connectivity index (χ1v) is 9.77. The van der Waals surface area contributed by atoms with Gasteiger partial charge in [0.05, 0.1) is 17.3 Å². The van der Waals surface area contributed by atoms with Crippen molar-refractivity contribution in [2.45, 2.75) is 6.92 Å². The normalized spacial score (nSPS) is 14.4. The summed E-state index contributed by atoms with van der Waals surface area (Å²) in [6, 6.07) is 18.3. The summed E-state index contributed by atoms with van der Waals surface area (Å²) in [5.74, 6) is 0.536. The molecule has 0 bridgehead atoms. The fourth-order valence-electron chi connectivity index (χ4n) is 3.43. The van der Waals surface area contributed by atoms with Crippen LogP contribution in [0.15, 0.2) is 54.7 Å². The minimum atomic E-state index is 0.536. The van der Waals surface area contributed by atoms with Crippen LogP contribution in [0.4, 0.5) is 17.3 Å². The van der Waals surface area contributed by atoms with Crippen LogP contribution in [0.2, 0.25) is 0 Å². The maximum absolute atomic E-state index is 9.27. The maximum Gasteiger partial charge on any atom is 0.227 e. The Labute approximate surface area is 171 Å². The lowest BCUT2D eigenvalue weighted by Gasteiger charge is -2.34. The van der Waals surface area contributed by atoms with Gasteiger partial charge in [-0.05, 0) is 55.9 Å². The molecule has 6 nitrogen and oxygen atoms in total. The van der Waals surface area contributed by atoms with Crippen LogP contribution in [-0.2, 0) is 0 Å². The van der Waals surface area contributed by atoms with Crippen LogP contribution in [0.3, 0.4) is 0 Å². The van der Waals surface area contributed by atoms with E-state index in [4.69, 9.17) is 0 Å². The van der Waals surface area contributed by atoms with Gasteiger partial charge in [-0.15, -0.1) is 0 Å². The molecule has 1 aliphatic heterocycles. The van der Waals surface area contributed by atoms with Crippen molar-refractivity contribution in [1.29, 1.82) is 5.26 Å². The monoisotopic (exact) mass is 384 g/mol. The molecule has 6 heteroatoms. The molecule has 4 rings (SSSR count). The number of likely N-dealkylation sites (N-methyl/N-ethyl adjacent to an activating group) is 1. The van der Waals surface area contributed by atoms with Crippen LogP contribution in [0.25, 0.3) is 11.3 Å². The average Bonchev–Trinajstić information content (AvgIpc) is 2.75. The van der Waals surface area contributed by atoms with E-state index in [1.807, 2.05) is 31.2 Å². The smallest absolute Gasteiger partial charge is 0.227 e. The molecule has 2 aromatic carbocycles. The highest BCUT2D eigenvalue weighted by molar-refractivity contribution is 5.65. The van der Waals surface area contributed by atoms with Gasteiger partial charge in [0.2, 0.25) is 5.95 Å². The Morgan fingerprint density at radius 3 is 2.48 bits per heavy atom. The molecule has 0 saturated carbocycles. The van der Waals surface area contributed by atoms with Gasteiger partial charge >= 0.3 is 0 Å². The molecule has 0 spiro atoms. The number of benzene rings is 2. The standard InChI is InChI=1S/C23H24N6/c1-17-3-4-18(15-19(17)16-24)22-9-10-25-23(27-22)26-20-5-7-21(8-6-20)29-13-11-28(2)12-14-29/h3-10,15H,11-14H2,1-2H3,(H,25,26,27). The number of nitrogens with zero attached hydrogens (tertiary/aromatic N) is 5. The van der Waals surface area contributed by atoms with Crippen LogP contribution in [-0.4, -0.2) is 48.1 Å². The molecule has 2 heterocycles. The Balaban J connectivity index is 1.49. The number of nitrogens with one attached hydrogen (secondary N) is 1. The molecular weight excluding hydrogens is 360 g/mol. The summed E-state index contributed by atoms with van der Waals surface area (Å²) >= 11 is 0. The molecule has 1 fully saturated rings. The van der Waals surface area contributed by atoms with E-state index < -0.39 is 0 Å². The topological polar surface area (TPSA) is 68.1 Å². The van der Waals surface area contributed by atoms with Crippen LogP contribution < -0.4 is 10.2 Å². The second-order valence-electron chi connectivity index (χ2n) is 7.37. The second-order valence-corrected chi connectivity index (χ2v) is 7.37. The minimum Gasteiger partial charge on any atom is -0.369 e. The summed E-state index contributed by atoms with van der Waals surface area (Å²) in [4.78, 5) is 13.7. The molecule has 0 unspecified atom stereocenters. The summed E-state index contributed by atoms with van der Waals surface area (Å²) in [6.07, 6.45) is 1.73. The fourth-order valence-corrected chi connectivity index (χ4v) is 3.43. The van der Waals surface area contributed by atoms with Crippen LogP contribution in [0.5, 0.6) is 0 Å². The van der Waals surface area contributed by atoms with Gasteiger partial charge in [0.25, 0.3) is 0 Å². The molecule has 0 aliphatic carbocycles. The SMILES string of the molecule is Cc1ccc(-c2ccnc(Nc3ccc(N4CCN(C)CC4)cc3)n2)cc1C#N. The number of anilines is 3. The zero-order chi connectivity index (χ0) is 20.2. The third kappa shape index (κ3) is 4.36. The number of hydrogen-bond acceptors (Lipinski definition) is 6. The fraction of sp³-hybridized carbons (Fsp3) is 0.261. The van der Waals surface area contributed by atoms with Crippen LogP contribution >= 0.6 is 0 Å². The van der Waals surface area contributed by atoms with E-state index >= 15 is 0 Å². The lowest BCUT2D eigenvalue weighted by Crippen LogP contribution is -2.44. The van der Waals surface area contributed by atoms with Crippen molar-refractivity contribution in [3.63, 3.8) is 0 Å². The molecule has 146 valence electrons. The zero-order valence-electron chi connectivity index (χ0n) is 16.8. The Hall–Kier alpha value is -3.43. The number of aromatic nitrogens is 2. The van der Waals surface area contributed by atoms with Gasteiger partial charge in [-0.25, -0.2) is 9.97 Å². The summed E-state index contributed by atoms with van der Waals surface area (Å²) in [6.45, 7) is 6.22. The van der Waals surface area contributed by atoms with Gasteiger partial charge in [0, 0.05) is 49.3 Å². The first-order chi connectivity index (χ1) is 14.1. The van der Waals surface area contributed by atoms with E-state index in [9.17, 15) is 5.26 Å². The molecule has 0 atom stereocenters. The first kappa shape index (κ1) is 18.9. The minimum absolute atomic E-state index is 0.536. The van der Waals surface area contributed by atoms with Gasteiger partial charge in [-0.2, -0.15) is 5.26 Å². The highest BCUT2D eigenvalue weighted by Gasteiger charge is 2.14. The lowest BCUT2D eigenvalue weighted by atomic mass is 10.0. The van der Waals surface area contributed by atoms with Gasteiger partial charge in [0.1, 0.15) is 0 Å². The maximum atomic E-state index is 9.27. The van der Waals surface area contributed by atoms with Gasteiger partial charge in [-0.3, -0.25) is 0 Å². The summed E-state index contributed by atoms with van der Waals surface area (Å²) in [5.41, 5.74) is 5.50. The lowest BCUT2D eigenvalue weighted by molar-refractivity contribution is 0.313. The summed E-state index contributed by atoms with van der Waals surface area (Å²) < 4.78 is 0. The van der Waals surface area contributed by atoms with Crippen molar-refractivity contribution in [3.8, 4) is 17.3 Å². The molecule has 3 aromatic rings. The van der Waals surface area contributed by atoms with E-state index in [1.165, 1.54) is 5.69 Å². The molecular formula is C23H24N6. The van der Waals surface area contributed by atoms with Crippen molar-refractivity contribution in [2.24, 2.45) is 0 Å². The van der Waals surface area contributed by atoms with E-state index in [1.54, 1.807) is 6.20 Å². The highest BCUT2D eigenvalue weighted by Crippen LogP contribution is 2.24. The van der Waals surface area contributed by atoms with Crippen molar-refractivity contribution >= 4 is 17.3 Å². The largest absolute Gasteiger partial charge is 0.369 e. The van der Waals surface area contributed by atoms with Gasteiger partial charge < -0.3 is 15.1 Å². The van der Waals surface area contributed by atoms with Crippen LogP contribution in [0.1, 0.15) is 11.1 Å². The van der Waals surface area contributed by atoms with Crippen molar-refractivity contribution in [3.05, 3.63) is 65.9 Å². The molecule has 1 aliphatic rings. The van der Waals surface area contributed by atoms with Crippen molar-refractivity contribution < 1.29 is 0 Å². The number of aryl methyl sites for hydroxylation is 1. The molecule has 0 amide bonds. The Kier molecular flexibility index (Phi) is 5.41. The third-order valence-corrected chi connectivity index (χ3v) is 5.30. The quantitative estimate of drug-likeness (QED) is 0.738. The average molecular weight is 384 g/mol. The summed E-state index contributed by atoms with van der Waals surface area (Å²) in [5, 5.41) is 12.5. The van der Waals surface area contributed by atoms with Gasteiger partial charge in [0.15, 0.2) is 0 Å². The number of rotatable bonds is 4.